The lowest BCUT2D eigenvalue weighted by atomic mass is 10.0. The highest BCUT2D eigenvalue weighted by molar-refractivity contribution is 7.17. The lowest BCUT2D eigenvalue weighted by Gasteiger charge is -2.24. The number of anilines is 1. The highest BCUT2D eigenvalue weighted by atomic mass is 32.1. The molecular formula is C24H21FN4O3S. The summed E-state index contributed by atoms with van der Waals surface area (Å²) >= 11 is 1.19. The van der Waals surface area contributed by atoms with Crippen molar-refractivity contribution in [3.8, 4) is 16.9 Å². The average Bonchev–Trinajstić information content (AvgIpc) is 3.56. The van der Waals surface area contributed by atoms with Crippen molar-refractivity contribution in [3.05, 3.63) is 71.2 Å². The van der Waals surface area contributed by atoms with Gasteiger partial charge >= 0.3 is 0 Å². The van der Waals surface area contributed by atoms with Gasteiger partial charge in [-0.2, -0.15) is 5.26 Å². The Hall–Kier alpha value is -3.77. The van der Waals surface area contributed by atoms with Gasteiger partial charge in [0.1, 0.15) is 22.8 Å². The van der Waals surface area contributed by atoms with Gasteiger partial charge in [0.15, 0.2) is 5.13 Å². The second-order valence-electron chi connectivity index (χ2n) is 8.22. The summed E-state index contributed by atoms with van der Waals surface area (Å²) in [7, 11) is 0. The largest absolute Gasteiger partial charge is 0.445 e. The summed E-state index contributed by atoms with van der Waals surface area (Å²) in [6.45, 7) is 3.06. The van der Waals surface area contributed by atoms with Gasteiger partial charge < -0.3 is 10.1 Å². The van der Waals surface area contributed by atoms with E-state index in [2.05, 4.69) is 21.7 Å². The van der Waals surface area contributed by atoms with Crippen molar-refractivity contribution in [2.45, 2.75) is 38.1 Å². The molecule has 1 fully saturated rings. The molecule has 0 unspecified atom stereocenters. The Labute approximate surface area is 194 Å². The summed E-state index contributed by atoms with van der Waals surface area (Å²) in [5, 5.41) is 15.2. The standard InChI is InChI=1S/C24H21FN4O3S/c1-24(2,29-20(30)17-5-3-4-6-18(17)25)22(31)28-23-27-19(15-9-10-15)21(33-23)32-16-11-7-14(13-26)8-12-16/h3-8,11-12,15H,9-10H2,1-2H3,(H,29,30)(H,27,28,31). The minimum absolute atomic E-state index is 0.137. The van der Waals surface area contributed by atoms with Crippen LogP contribution in [0.15, 0.2) is 48.5 Å². The number of hydrogen-bond donors (Lipinski definition) is 2. The molecule has 0 aliphatic heterocycles. The average molecular weight is 465 g/mol. The Balaban J connectivity index is 1.48. The van der Waals surface area contributed by atoms with E-state index < -0.39 is 23.2 Å². The second-order valence-corrected chi connectivity index (χ2v) is 9.18. The van der Waals surface area contributed by atoms with E-state index in [0.29, 0.717) is 21.5 Å². The molecule has 3 aromatic rings. The quantitative estimate of drug-likeness (QED) is 0.514. The van der Waals surface area contributed by atoms with Crippen molar-refractivity contribution in [1.29, 1.82) is 5.26 Å². The molecule has 0 bridgehead atoms. The van der Waals surface area contributed by atoms with Gasteiger partial charge in [-0.05, 0) is 63.1 Å². The van der Waals surface area contributed by atoms with Crippen LogP contribution in [0.1, 0.15) is 54.2 Å². The third-order valence-corrected chi connectivity index (χ3v) is 5.98. The van der Waals surface area contributed by atoms with Crippen molar-refractivity contribution < 1.29 is 18.7 Å². The molecule has 9 heteroatoms. The summed E-state index contributed by atoms with van der Waals surface area (Å²) < 4.78 is 19.9. The molecule has 2 amide bonds. The molecule has 2 N–H and O–H groups in total. The Bertz CT molecular complexity index is 1240. The number of amides is 2. The van der Waals surface area contributed by atoms with Crippen LogP contribution in [0.3, 0.4) is 0 Å². The zero-order valence-electron chi connectivity index (χ0n) is 18.0. The molecule has 0 radical (unpaired) electrons. The summed E-state index contributed by atoms with van der Waals surface area (Å²) in [4.78, 5) is 29.9. The molecule has 7 nitrogen and oxygen atoms in total. The Morgan fingerprint density at radius 1 is 1.18 bits per heavy atom. The molecule has 0 saturated heterocycles. The first-order valence-electron chi connectivity index (χ1n) is 10.3. The number of aromatic nitrogens is 1. The number of nitrogens with one attached hydrogen (secondary N) is 2. The number of halogens is 1. The first-order chi connectivity index (χ1) is 15.8. The van der Waals surface area contributed by atoms with Gasteiger partial charge in [0.2, 0.25) is 5.06 Å². The Morgan fingerprint density at radius 3 is 2.52 bits per heavy atom. The number of hydrogen-bond acceptors (Lipinski definition) is 6. The van der Waals surface area contributed by atoms with E-state index in [9.17, 15) is 14.0 Å². The molecule has 4 rings (SSSR count). The number of ether oxygens (including phenoxy) is 1. The predicted molar refractivity (Wildman–Crippen MR) is 122 cm³/mol. The second kappa shape index (κ2) is 9.00. The third-order valence-electron chi connectivity index (χ3n) is 5.11. The number of carbonyl (C=O) groups excluding carboxylic acids is 2. The van der Waals surface area contributed by atoms with Gasteiger partial charge in [-0.15, -0.1) is 0 Å². The third kappa shape index (κ3) is 5.18. The van der Waals surface area contributed by atoms with Crippen molar-refractivity contribution >= 4 is 28.3 Å². The lowest BCUT2D eigenvalue weighted by Crippen LogP contribution is -2.52. The van der Waals surface area contributed by atoms with Crippen molar-refractivity contribution in [2.24, 2.45) is 0 Å². The molecule has 33 heavy (non-hydrogen) atoms. The van der Waals surface area contributed by atoms with Gasteiger partial charge in [0.05, 0.1) is 17.2 Å². The number of thiazole rings is 1. The van der Waals surface area contributed by atoms with Crippen molar-refractivity contribution in [1.82, 2.24) is 10.3 Å². The van der Waals surface area contributed by atoms with Crippen LogP contribution < -0.4 is 15.4 Å². The van der Waals surface area contributed by atoms with E-state index in [1.165, 1.54) is 43.4 Å². The maximum Gasteiger partial charge on any atom is 0.255 e. The van der Waals surface area contributed by atoms with Gasteiger partial charge in [-0.3, -0.25) is 14.9 Å². The Kier molecular flexibility index (Phi) is 6.11. The summed E-state index contributed by atoms with van der Waals surface area (Å²) in [6, 6.07) is 14.4. The normalized spacial score (nSPS) is 13.2. The van der Waals surface area contributed by atoms with Crippen molar-refractivity contribution in [3.63, 3.8) is 0 Å². The maximum absolute atomic E-state index is 13.9. The summed E-state index contributed by atoms with van der Waals surface area (Å²) in [5.74, 6) is -1.00. The first kappa shape index (κ1) is 22.4. The highest BCUT2D eigenvalue weighted by Gasteiger charge is 2.34. The fraction of sp³-hybridized carbons (Fsp3) is 0.250. The molecule has 1 saturated carbocycles. The molecule has 1 aromatic heterocycles. The molecule has 0 atom stereocenters. The maximum atomic E-state index is 13.9. The number of carbonyl (C=O) groups is 2. The van der Waals surface area contributed by atoms with E-state index in [-0.39, 0.29) is 11.5 Å². The Morgan fingerprint density at radius 2 is 1.88 bits per heavy atom. The topological polar surface area (TPSA) is 104 Å². The van der Waals surface area contributed by atoms with Crippen LogP contribution in [0.25, 0.3) is 0 Å². The molecule has 1 heterocycles. The summed E-state index contributed by atoms with van der Waals surface area (Å²) in [5.41, 5.74) is -0.157. The summed E-state index contributed by atoms with van der Waals surface area (Å²) in [6.07, 6.45) is 1.98. The zero-order valence-corrected chi connectivity index (χ0v) is 18.8. The number of benzene rings is 2. The van der Waals surface area contributed by atoms with Crippen molar-refractivity contribution in [2.75, 3.05) is 5.32 Å². The fourth-order valence-corrected chi connectivity index (χ4v) is 3.99. The van der Waals surface area contributed by atoms with E-state index in [1.807, 2.05) is 0 Å². The van der Waals surface area contributed by atoms with E-state index in [1.54, 1.807) is 30.3 Å². The molecular weight excluding hydrogens is 443 g/mol. The van der Waals surface area contributed by atoms with E-state index in [0.717, 1.165) is 18.5 Å². The molecule has 1 aliphatic rings. The van der Waals surface area contributed by atoms with Crippen LogP contribution in [-0.2, 0) is 4.79 Å². The molecule has 168 valence electrons. The lowest BCUT2D eigenvalue weighted by molar-refractivity contribution is -0.120. The first-order valence-corrected chi connectivity index (χ1v) is 11.2. The van der Waals surface area contributed by atoms with Gasteiger partial charge in [0.25, 0.3) is 11.8 Å². The van der Waals surface area contributed by atoms with Crippen LogP contribution >= 0.6 is 11.3 Å². The highest BCUT2D eigenvalue weighted by Crippen LogP contribution is 2.48. The predicted octanol–water partition coefficient (Wildman–Crippen LogP) is 4.97. The van der Waals surface area contributed by atoms with Crippen LogP contribution in [0.5, 0.6) is 10.8 Å². The zero-order chi connectivity index (χ0) is 23.6. The molecule has 0 spiro atoms. The van der Waals surface area contributed by atoms with Gasteiger partial charge in [-0.25, -0.2) is 9.37 Å². The van der Waals surface area contributed by atoms with Crippen LogP contribution in [0.2, 0.25) is 0 Å². The molecule has 1 aliphatic carbocycles. The smallest absolute Gasteiger partial charge is 0.255 e. The number of rotatable bonds is 7. The SMILES string of the molecule is CC(C)(NC(=O)c1ccccc1F)C(=O)Nc1nc(C2CC2)c(Oc2ccc(C#N)cc2)s1. The number of nitriles is 1. The van der Waals surface area contributed by atoms with Crippen LogP contribution in [-0.4, -0.2) is 22.3 Å². The van der Waals surface area contributed by atoms with Gasteiger partial charge in [-0.1, -0.05) is 23.5 Å². The van der Waals surface area contributed by atoms with Crippen LogP contribution in [0, 0.1) is 17.1 Å². The monoisotopic (exact) mass is 464 g/mol. The minimum Gasteiger partial charge on any atom is -0.445 e. The van der Waals surface area contributed by atoms with E-state index in [4.69, 9.17) is 10.00 Å². The number of nitrogens with zero attached hydrogens (tertiary/aromatic N) is 2. The molecule has 2 aromatic carbocycles. The van der Waals surface area contributed by atoms with Crippen LogP contribution in [0.4, 0.5) is 9.52 Å². The minimum atomic E-state index is -1.32. The van der Waals surface area contributed by atoms with Gasteiger partial charge in [0, 0.05) is 5.92 Å². The fourth-order valence-electron chi connectivity index (χ4n) is 3.07. The van der Waals surface area contributed by atoms with E-state index >= 15 is 0 Å².